The molecule has 1 fully saturated rings. The monoisotopic (exact) mass is 284 g/mol. The largest absolute Gasteiger partial charge is 0.497 e. The lowest BCUT2D eigenvalue weighted by atomic mass is 10.1. The molecule has 0 spiro atoms. The van der Waals surface area contributed by atoms with E-state index < -0.39 is 0 Å². The third kappa shape index (κ3) is 3.31. The summed E-state index contributed by atoms with van der Waals surface area (Å²) in [5, 5.41) is 12.1. The van der Waals surface area contributed by atoms with Crippen molar-refractivity contribution in [3.05, 3.63) is 36.4 Å². The highest BCUT2D eigenvalue weighted by Gasteiger charge is 2.11. The van der Waals surface area contributed by atoms with Crippen LogP contribution in [0.1, 0.15) is 6.42 Å². The van der Waals surface area contributed by atoms with Gasteiger partial charge in [0.1, 0.15) is 5.75 Å². The van der Waals surface area contributed by atoms with Gasteiger partial charge in [-0.05, 0) is 49.4 Å². The molecule has 2 heterocycles. The Labute approximate surface area is 125 Å². The van der Waals surface area contributed by atoms with Crippen LogP contribution in [0.15, 0.2) is 36.4 Å². The van der Waals surface area contributed by atoms with E-state index in [2.05, 4.69) is 26.5 Å². The van der Waals surface area contributed by atoms with E-state index >= 15 is 0 Å². The molecular weight excluding hydrogens is 264 g/mol. The minimum absolute atomic E-state index is 0.848. The fraction of sp³-hybridized carbons (Fsp3) is 0.375. The smallest absolute Gasteiger partial charge is 0.151 e. The Hall–Kier alpha value is -2.14. The number of rotatable bonds is 3. The molecule has 1 aliphatic rings. The first-order chi connectivity index (χ1) is 10.4. The summed E-state index contributed by atoms with van der Waals surface area (Å²) >= 11 is 0. The van der Waals surface area contributed by atoms with E-state index in [0.717, 1.165) is 55.4 Å². The van der Waals surface area contributed by atoms with E-state index in [1.165, 1.54) is 0 Å². The number of benzene rings is 1. The molecule has 5 nitrogen and oxygen atoms in total. The van der Waals surface area contributed by atoms with Crippen LogP contribution in [0.4, 0.5) is 5.82 Å². The molecule has 1 aliphatic heterocycles. The normalized spacial score (nSPS) is 15.6. The van der Waals surface area contributed by atoms with Gasteiger partial charge in [-0.3, -0.25) is 0 Å². The van der Waals surface area contributed by atoms with Crippen LogP contribution in [0, 0.1) is 0 Å². The molecule has 0 unspecified atom stereocenters. The van der Waals surface area contributed by atoms with E-state index in [-0.39, 0.29) is 0 Å². The summed E-state index contributed by atoms with van der Waals surface area (Å²) in [5.74, 6) is 1.80. The van der Waals surface area contributed by atoms with Crippen LogP contribution in [-0.4, -0.2) is 43.5 Å². The number of hydrogen-bond donors (Lipinski definition) is 1. The highest BCUT2D eigenvalue weighted by atomic mass is 16.5. The maximum atomic E-state index is 5.17. The quantitative estimate of drug-likeness (QED) is 0.933. The van der Waals surface area contributed by atoms with Gasteiger partial charge in [-0.15, -0.1) is 10.2 Å². The molecule has 0 aliphatic carbocycles. The van der Waals surface area contributed by atoms with Gasteiger partial charge in [-0.25, -0.2) is 0 Å². The van der Waals surface area contributed by atoms with Gasteiger partial charge in [-0.1, -0.05) is 0 Å². The first-order valence-corrected chi connectivity index (χ1v) is 7.30. The van der Waals surface area contributed by atoms with E-state index in [1.807, 2.05) is 30.3 Å². The Kier molecular flexibility index (Phi) is 4.31. The van der Waals surface area contributed by atoms with Gasteiger partial charge in [0, 0.05) is 25.2 Å². The highest BCUT2D eigenvalue weighted by molar-refractivity contribution is 5.60. The Morgan fingerprint density at radius 1 is 1.00 bits per heavy atom. The minimum Gasteiger partial charge on any atom is -0.497 e. The second kappa shape index (κ2) is 6.54. The summed E-state index contributed by atoms with van der Waals surface area (Å²) < 4.78 is 5.17. The number of anilines is 1. The first-order valence-electron chi connectivity index (χ1n) is 7.30. The fourth-order valence-corrected chi connectivity index (χ4v) is 2.48. The maximum Gasteiger partial charge on any atom is 0.151 e. The first kappa shape index (κ1) is 13.8. The maximum absolute atomic E-state index is 5.17. The Balaban J connectivity index is 1.76. The number of nitrogens with one attached hydrogen (secondary N) is 1. The van der Waals surface area contributed by atoms with Gasteiger partial charge in [0.25, 0.3) is 0 Å². The van der Waals surface area contributed by atoms with Crippen molar-refractivity contribution in [2.45, 2.75) is 6.42 Å². The molecule has 1 aromatic carbocycles. The Morgan fingerprint density at radius 3 is 2.57 bits per heavy atom. The second-order valence-electron chi connectivity index (χ2n) is 5.10. The predicted octanol–water partition coefficient (Wildman–Crippen LogP) is 1.95. The van der Waals surface area contributed by atoms with Crippen molar-refractivity contribution in [3.8, 4) is 17.0 Å². The van der Waals surface area contributed by atoms with Crippen LogP contribution in [0.25, 0.3) is 11.3 Å². The summed E-state index contributed by atoms with van der Waals surface area (Å²) in [6, 6.07) is 12.0. The zero-order chi connectivity index (χ0) is 14.5. The molecule has 0 amide bonds. The van der Waals surface area contributed by atoms with Crippen LogP contribution in [0.5, 0.6) is 5.75 Å². The minimum atomic E-state index is 0.848. The van der Waals surface area contributed by atoms with Crippen molar-refractivity contribution < 1.29 is 4.74 Å². The molecule has 2 aromatic rings. The van der Waals surface area contributed by atoms with Gasteiger partial charge in [0.05, 0.1) is 12.8 Å². The number of nitrogens with zero attached hydrogens (tertiary/aromatic N) is 3. The molecule has 0 bridgehead atoms. The van der Waals surface area contributed by atoms with Crippen LogP contribution >= 0.6 is 0 Å². The van der Waals surface area contributed by atoms with Gasteiger partial charge in [-0.2, -0.15) is 0 Å². The molecule has 0 saturated carbocycles. The van der Waals surface area contributed by atoms with Crippen molar-refractivity contribution in [1.29, 1.82) is 0 Å². The van der Waals surface area contributed by atoms with Gasteiger partial charge >= 0.3 is 0 Å². The summed E-state index contributed by atoms with van der Waals surface area (Å²) in [4.78, 5) is 2.28. The molecule has 1 saturated heterocycles. The van der Waals surface area contributed by atoms with E-state index in [1.54, 1.807) is 7.11 Å². The van der Waals surface area contributed by atoms with Gasteiger partial charge in [0.15, 0.2) is 5.82 Å². The lowest BCUT2D eigenvalue weighted by Gasteiger charge is -2.20. The van der Waals surface area contributed by atoms with Crippen LogP contribution in [0.3, 0.4) is 0 Å². The van der Waals surface area contributed by atoms with Crippen LogP contribution < -0.4 is 15.0 Å². The molecular formula is C16H20N4O. The predicted molar refractivity (Wildman–Crippen MR) is 83.7 cm³/mol. The van der Waals surface area contributed by atoms with Crippen molar-refractivity contribution in [3.63, 3.8) is 0 Å². The number of aromatic nitrogens is 2. The lowest BCUT2D eigenvalue weighted by Crippen LogP contribution is -2.28. The molecule has 5 heteroatoms. The van der Waals surface area contributed by atoms with Crippen molar-refractivity contribution in [1.82, 2.24) is 15.5 Å². The topological polar surface area (TPSA) is 50.3 Å². The standard InChI is InChI=1S/C16H20N4O/c1-21-14-5-3-13(4-6-14)15-7-8-16(19-18-15)20-11-2-9-17-10-12-20/h3-8,17H,2,9-12H2,1H3. The van der Waals surface area contributed by atoms with Gasteiger partial charge < -0.3 is 15.0 Å². The summed E-state index contributed by atoms with van der Waals surface area (Å²) in [7, 11) is 1.67. The second-order valence-corrected chi connectivity index (χ2v) is 5.10. The molecule has 0 radical (unpaired) electrons. The molecule has 1 aromatic heterocycles. The highest BCUT2D eigenvalue weighted by Crippen LogP contribution is 2.21. The molecule has 0 atom stereocenters. The molecule has 110 valence electrons. The summed E-state index contributed by atoms with van der Waals surface area (Å²) in [6.45, 7) is 4.09. The number of methoxy groups -OCH3 is 1. The van der Waals surface area contributed by atoms with E-state index in [9.17, 15) is 0 Å². The number of hydrogen-bond acceptors (Lipinski definition) is 5. The zero-order valence-corrected chi connectivity index (χ0v) is 12.2. The zero-order valence-electron chi connectivity index (χ0n) is 12.2. The summed E-state index contributed by atoms with van der Waals surface area (Å²) in [6.07, 6.45) is 1.14. The average Bonchev–Trinajstić information content (AvgIpc) is 2.84. The average molecular weight is 284 g/mol. The van der Waals surface area contributed by atoms with Crippen molar-refractivity contribution in [2.24, 2.45) is 0 Å². The Morgan fingerprint density at radius 2 is 1.86 bits per heavy atom. The van der Waals surface area contributed by atoms with Gasteiger partial charge in [0.2, 0.25) is 0 Å². The lowest BCUT2D eigenvalue weighted by molar-refractivity contribution is 0.415. The SMILES string of the molecule is COc1ccc(-c2ccc(N3CCCNCC3)nn2)cc1. The van der Waals surface area contributed by atoms with E-state index in [4.69, 9.17) is 4.74 Å². The third-order valence-electron chi connectivity index (χ3n) is 3.70. The number of ether oxygens (including phenoxy) is 1. The summed E-state index contributed by atoms with van der Waals surface area (Å²) in [5.41, 5.74) is 1.93. The molecule has 1 N–H and O–H groups in total. The third-order valence-corrected chi connectivity index (χ3v) is 3.70. The van der Waals surface area contributed by atoms with Crippen LogP contribution in [-0.2, 0) is 0 Å². The van der Waals surface area contributed by atoms with Crippen LogP contribution in [0.2, 0.25) is 0 Å². The fourth-order valence-electron chi connectivity index (χ4n) is 2.48. The Bertz CT molecular complexity index is 560. The van der Waals surface area contributed by atoms with Crippen molar-refractivity contribution in [2.75, 3.05) is 38.2 Å². The van der Waals surface area contributed by atoms with Crippen molar-refractivity contribution >= 4 is 5.82 Å². The molecule has 21 heavy (non-hydrogen) atoms. The van der Waals surface area contributed by atoms with E-state index in [0.29, 0.717) is 0 Å². The molecule has 3 rings (SSSR count).